The van der Waals surface area contributed by atoms with E-state index in [4.69, 9.17) is 4.74 Å². The maximum absolute atomic E-state index is 12.5. The summed E-state index contributed by atoms with van der Waals surface area (Å²) in [6.07, 6.45) is 6.57. The maximum atomic E-state index is 12.5. The Morgan fingerprint density at radius 3 is 2.75 bits per heavy atom. The summed E-state index contributed by atoms with van der Waals surface area (Å²) >= 11 is 0. The fourth-order valence-corrected chi connectivity index (χ4v) is 3.87. The van der Waals surface area contributed by atoms with Crippen molar-refractivity contribution in [3.05, 3.63) is 0 Å². The van der Waals surface area contributed by atoms with E-state index in [9.17, 15) is 4.79 Å². The molecule has 0 aromatic carbocycles. The lowest BCUT2D eigenvalue weighted by atomic mass is 9.88. The van der Waals surface area contributed by atoms with Crippen LogP contribution in [0.1, 0.15) is 52.4 Å². The number of hydrogen-bond acceptors (Lipinski definition) is 4. The lowest BCUT2D eigenvalue weighted by Crippen LogP contribution is -2.53. The number of hydrogen-bond donors (Lipinski definition) is 1. The maximum Gasteiger partial charge on any atom is 0.326 e. The Labute approximate surface area is 123 Å². The second kappa shape index (κ2) is 7.41. The Bertz CT molecular complexity index is 316. The normalized spacial score (nSPS) is 28.7. The van der Waals surface area contributed by atoms with Crippen molar-refractivity contribution in [3.8, 4) is 0 Å². The predicted octanol–water partition coefficient (Wildman–Crippen LogP) is 2.18. The summed E-state index contributed by atoms with van der Waals surface area (Å²) in [5.41, 5.74) is -0.324. The van der Waals surface area contributed by atoms with Gasteiger partial charge in [-0.2, -0.15) is 0 Å². The monoisotopic (exact) mass is 282 g/mol. The van der Waals surface area contributed by atoms with Crippen molar-refractivity contribution in [1.82, 2.24) is 10.2 Å². The minimum Gasteiger partial charge on any atom is -0.465 e. The van der Waals surface area contributed by atoms with Gasteiger partial charge in [-0.05, 0) is 64.6 Å². The molecule has 20 heavy (non-hydrogen) atoms. The average molecular weight is 282 g/mol. The van der Waals surface area contributed by atoms with Crippen LogP contribution in [0.3, 0.4) is 0 Å². The van der Waals surface area contributed by atoms with Crippen molar-refractivity contribution in [2.75, 3.05) is 32.8 Å². The molecule has 2 heterocycles. The second-order valence-electron chi connectivity index (χ2n) is 6.24. The summed E-state index contributed by atoms with van der Waals surface area (Å²) in [4.78, 5) is 15.0. The summed E-state index contributed by atoms with van der Waals surface area (Å²) in [7, 11) is 0. The zero-order valence-corrected chi connectivity index (χ0v) is 13.1. The average Bonchev–Trinajstić information content (AvgIpc) is 2.85. The SMILES string of the molecule is CCCC1(C(=O)OCC)CCCN1CC1CCNCC1. The highest BCUT2D eigenvalue weighted by molar-refractivity contribution is 5.81. The van der Waals surface area contributed by atoms with E-state index in [1.54, 1.807) is 0 Å². The van der Waals surface area contributed by atoms with Crippen molar-refractivity contribution in [3.63, 3.8) is 0 Å². The molecule has 1 atom stereocenters. The topological polar surface area (TPSA) is 41.6 Å². The molecule has 0 spiro atoms. The molecule has 2 saturated heterocycles. The van der Waals surface area contributed by atoms with Gasteiger partial charge in [0.1, 0.15) is 5.54 Å². The molecule has 0 aliphatic carbocycles. The van der Waals surface area contributed by atoms with Crippen LogP contribution in [0, 0.1) is 5.92 Å². The molecule has 2 fully saturated rings. The quantitative estimate of drug-likeness (QED) is 0.758. The molecule has 0 aromatic rings. The Hall–Kier alpha value is -0.610. The van der Waals surface area contributed by atoms with Gasteiger partial charge in [0.25, 0.3) is 0 Å². The van der Waals surface area contributed by atoms with Crippen molar-refractivity contribution >= 4 is 5.97 Å². The molecule has 1 N–H and O–H groups in total. The van der Waals surface area contributed by atoms with Gasteiger partial charge in [-0.1, -0.05) is 13.3 Å². The summed E-state index contributed by atoms with van der Waals surface area (Å²) in [6, 6.07) is 0. The van der Waals surface area contributed by atoms with Crippen LogP contribution in [0.2, 0.25) is 0 Å². The zero-order chi connectivity index (χ0) is 14.4. The molecule has 4 nitrogen and oxygen atoms in total. The van der Waals surface area contributed by atoms with Crippen LogP contribution < -0.4 is 5.32 Å². The van der Waals surface area contributed by atoms with Gasteiger partial charge in [-0.25, -0.2) is 0 Å². The number of carbonyl (C=O) groups is 1. The molecule has 1 unspecified atom stereocenters. The number of carbonyl (C=O) groups excluding carboxylic acids is 1. The van der Waals surface area contributed by atoms with Gasteiger partial charge < -0.3 is 10.1 Å². The first-order valence-corrected chi connectivity index (χ1v) is 8.36. The number of nitrogens with one attached hydrogen (secondary N) is 1. The van der Waals surface area contributed by atoms with Crippen LogP contribution in [-0.2, 0) is 9.53 Å². The third-order valence-corrected chi connectivity index (χ3v) is 4.88. The van der Waals surface area contributed by atoms with E-state index >= 15 is 0 Å². The lowest BCUT2D eigenvalue weighted by molar-refractivity contribution is -0.157. The highest BCUT2D eigenvalue weighted by Gasteiger charge is 2.48. The van der Waals surface area contributed by atoms with Crippen LogP contribution in [0.4, 0.5) is 0 Å². The molecule has 0 saturated carbocycles. The standard InChI is InChI=1S/C16H30N2O2/c1-3-8-16(15(19)20-4-2)9-5-12-18(16)13-14-6-10-17-11-7-14/h14,17H,3-13H2,1-2H3. The van der Waals surface area contributed by atoms with Crippen LogP contribution >= 0.6 is 0 Å². The second-order valence-corrected chi connectivity index (χ2v) is 6.24. The molecule has 4 heteroatoms. The third kappa shape index (κ3) is 3.34. The Balaban J connectivity index is 2.05. The number of rotatable bonds is 6. The van der Waals surface area contributed by atoms with Crippen LogP contribution in [0.15, 0.2) is 0 Å². The molecule has 0 bridgehead atoms. The largest absolute Gasteiger partial charge is 0.465 e. The molecular formula is C16H30N2O2. The molecule has 0 amide bonds. The van der Waals surface area contributed by atoms with Crippen molar-refractivity contribution < 1.29 is 9.53 Å². The molecular weight excluding hydrogens is 252 g/mol. The first-order chi connectivity index (χ1) is 9.73. The predicted molar refractivity (Wildman–Crippen MR) is 80.7 cm³/mol. The number of ether oxygens (including phenoxy) is 1. The zero-order valence-electron chi connectivity index (χ0n) is 13.1. The molecule has 2 rings (SSSR count). The summed E-state index contributed by atoms with van der Waals surface area (Å²) < 4.78 is 5.41. The summed E-state index contributed by atoms with van der Waals surface area (Å²) in [5.74, 6) is 0.758. The van der Waals surface area contributed by atoms with Crippen LogP contribution in [0.5, 0.6) is 0 Å². The van der Waals surface area contributed by atoms with Crippen molar-refractivity contribution in [1.29, 1.82) is 0 Å². The Morgan fingerprint density at radius 1 is 1.35 bits per heavy atom. The third-order valence-electron chi connectivity index (χ3n) is 4.88. The Kier molecular flexibility index (Phi) is 5.85. The van der Waals surface area contributed by atoms with Crippen molar-refractivity contribution in [2.24, 2.45) is 5.92 Å². The van der Waals surface area contributed by atoms with E-state index in [0.29, 0.717) is 6.61 Å². The smallest absolute Gasteiger partial charge is 0.326 e. The van der Waals surface area contributed by atoms with Gasteiger partial charge in [0.05, 0.1) is 6.61 Å². The number of esters is 1. The van der Waals surface area contributed by atoms with Crippen molar-refractivity contribution in [2.45, 2.75) is 57.9 Å². The lowest BCUT2D eigenvalue weighted by Gasteiger charge is -2.39. The summed E-state index contributed by atoms with van der Waals surface area (Å²) in [5, 5.41) is 3.42. The van der Waals surface area contributed by atoms with Crippen LogP contribution in [0.25, 0.3) is 0 Å². The van der Waals surface area contributed by atoms with Gasteiger partial charge in [0, 0.05) is 6.54 Å². The first kappa shape index (κ1) is 15.8. The fourth-order valence-electron chi connectivity index (χ4n) is 3.87. The first-order valence-electron chi connectivity index (χ1n) is 8.36. The minimum absolute atomic E-state index is 0.0216. The molecule has 2 aliphatic heterocycles. The fraction of sp³-hybridized carbons (Fsp3) is 0.938. The number of likely N-dealkylation sites (tertiary alicyclic amines) is 1. The van der Waals surface area contributed by atoms with E-state index in [-0.39, 0.29) is 11.5 Å². The van der Waals surface area contributed by atoms with Gasteiger partial charge in [0.2, 0.25) is 0 Å². The Morgan fingerprint density at radius 2 is 2.10 bits per heavy atom. The van der Waals surface area contributed by atoms with E-state index in [0.717, 1.165) is 57.8 Å². The van der Waals surface area contributed by atoms with Gasteiger partial charge in [-0.3, -0.25) is 9.69 Å². The molecule has 0 radical (unpaired) electrons. The highest BCUT2D eigenvalue weighted by atomic mass is 16.5. The minimum atomic E-state index is -0.324. The number of nitrogens with zero attached hydrogens (tertiary/aromatic N) is 1. The molecule has 0 aromatic heterocycles. The highest BCUT2D eigenvalue weighted by Crippen LogP contribution is 2.36. The van der Waals surface area contributed by atoms with Gasteiger partial charge >= 0.3 is 5.97 Å². The van der Waals surface area contributed by atoms with E-state index in [2.05, 4.69) is 17.1 Å². The van der Waals surface area contributed by atoms with Crippen LogP contribution in [-0.4, -0.2) is 49.2 Å². The number of piperidine rings is 1. The van der Waals surface area contributed by atoms with E-state index < -0.39 is 0 Å². The van der Waals surface area contributed by atoms with E-state index in [1.165, 1.54) is 12.8 Å². The summed E-state index contributed by atoms with van der Waals surface area (Å²) in [6.45, 7) is 8.94. The van der Waals surface area contributed by atoms with Gasteiger partial charge in [-0.15, -0.1) is 0 Å². The van der Waals surface area contributed by atoms with Gasteiger partial charge in [0.15, 0.2) is 0 Å². The molecule has 2 aliphatic rings. The van der Waals surface area contributed by atoms with E-state index in [1.807, 2.05) is 6.92 Å². The molecule has 116 valence electrons.